The van der Waals surface area contributed by atoms with Gasteiger partial charge < -0.3 is 14.8 Å². The molecule has 30 heavy (non-hydrogen) atoms. The molecule has 2 aromatic carbocycles. The topological polar surface area (TPSA) is 62.4 Å². The maximum absolute atomic E-state index is 13.5. The highest BCUT2D eigenvalue weighted by Crippen LogP contribution is 2.43. The fourth-order valence-electron chi connectivity index (χ4n) is 4.15. The molecule has 1 aliphatic carbocycles. The van der Waals surface area contributed by atoms with Crippen molar-refractivity contribution in [2.45, 2.75) is 12.8 Å². The van der Waals surface area contributed by atoms with E-state index in [4.69, 9.17) is 9.47 Å². The molecule has 1 aromatic heterocycles. The van der Waals surface area contributed by atoms with Gasteiger partial charge in [0.15, 0.2) is 0 Å². The first kappa shape index (κ1) is 19.1. The normalized spacial score (nSPS) is 15.6. The van der Waals surface area contributed by atoms with Gasteiger partial charge in [0.2, 0.25) is 0 Å². The zero-order chi connectivity index (χ0) is 20.3. The molecule has 2 aliphatic rings. The van der Waals surface area contributed by atoms with Crippen LogP contribution in [0.3, 0.4) is 0 Å². The van der Waals surface area contributed by atoms with Crippen LogP contribution in [0.5, 0.6) is 5.75 Å². The summed E-state index contributed by atoms with van der Waals surface area (Å²) < 4.78 is 25.1. The van der Waals surface area contributed by atoms with Crippen molar-refractivity contribution >= 4 is 11.5 Å². The monoisotopic (exact) mass is 408 g/mol. The molecule has 3 aromatic rings. The van der Waals surface area contributed by atoms with Crippen LogP contribution in [0.15, 0.2) is 42.5 Å². The van der Waals surface area contributed by atoms with Crippen molar-refractivity contribution in [3.8, 4) is 17.0 Å². The number of anilines is 2. The second-order valence-electron chi connectivity index (χ2n) is 7.68. The summed E-state index contributed by atoms with van der Waals surface area (Å²) in [6, 6.07) is 12.5. The summed E-state index contributed by atoms with van der Waals surface area (Å²) in [6.45, 7) is 5.37. The number of aromatic amines is 1. The number of morpholine rings is 1. The molecular weight excluding hydrogens is 383 g/mol. The zero-order valence-electron chi connectivity index (χ0n) is 16.8. The average Bonchev–Trinajstić information content (AvgIpc) is 3.33. The molecule has 1 fully saturated rings. The summed E-state index contributed by atoms with van der Waals surface area (Å²) in [7, 11) is 0. The summed E-state index contributed by atoms with van der Waals surface area (Å²) in [4.78, 5) is 2.42. The highest BCUT2D eigenvalue weighted by atomic mass is 19.1. The predicted molar refractivity (Wildman–Crippen MR) is 114 cm³/mol. The largest absolute Gasteiger partial charge is 0.493 e. The van der Waals surface area contributed by atoms with Crippen LogP contribution in [0.4, 0.5) is 15.9 Å². The Morgan fingerprint density at radius 1 is 1.13 bits per heavy atom. The lowest BCUT2D eigenvalue weighted by atomic mass is 10.1. The standard InChI is InChI=1S/C23H25FN4O2/c24-16-4-1-5-17(14-16)25-23-20-15-19-18(22(20)26-27-23)6-2-7-21(19)30-11-3-8-28-9-12-29-13-10-28/h1-2,4-7,14H,3,8-13,15H2,(H2,25,26,27). The molecule has 0 amide bonds. The molecule has 0 spiro atoms. The molecule has 2 heterocycles. The van der Waals surface area contributed by atoms with Crippen molar-refractivity contribution in [2.24, 2.45) is 0 Å². The number of aromatic nitrogens is 2. The van der Waals surface area contributed by atoms with E-state index in [1.165, 1.54) is 12.1 Å². The molecule has 2 N–H and O–H groups in total. The lowest BCUT2D eigenvalue weighted by Gasteiger charge is -2.26. The molecule has 0 saturated carbocycles. The average molecular weight is 408 g/mol. The van der Waals surface area contributed by atoms with Crippen LogP contribution in [0, 0.1) is 5.82 Å². The van der Waals surface area contributed by atoms with Crippen LogP contribution < -0.4 is 10.1 Å². The Morgan fingerprint density at radius 3 is 2.87 bits per heavy atom. The Labute approximate surface area is 175 Å². The maximum atomic E-state index is 13.5. The van der Waals surface area contributed by atoms with Gasteiger partial charge in [0.05, 0.1) is 25.5 Å². The number of hydrogen-bond donors (Lipinski definition) is 2. The minimum atomic E-state index is -0.271. The first-order valence-corrected chi connectivity index (χ1v) is 10.4. The van der Waals surface area contributed by atoms with E-state index in [1.54, 1.807) is 6.07 Å². The lowest BCUT2D eigenvalue weighted by molar-refractivity contribution is 0.0358. The molecule has 0 radical (unpaired) electrons. The third-order valence-electron chi connectivity index (χ3n) is 5.68. The van der Waals surface area contributed by atoms with Crippen LogP contribution in [0.25, 0.3) is 11.3 Å². The van der Waals surface area contributed by atoms with Crippen molar-refractivity contribution in [3.05, 3.63) is 59.4 Å². The van der Waals surface area contributed by atoms with Gasteiger partial charge in [-0.05, 0) is 30.7 Å². The van der Waals surface area contributed by atoms with Crippen LogP contribution in [-0.4, -0.2) is 54.6 Å². The Hall–Kier alpha value is -2.90. The smallest absolute Gasteiger partial charge is 0.130 e. The van der Waals surface area contributed by atoms with Gasteiger partial charge in [-0.1, -0.05) is 18.2 Å². The molecule has 0 bridgehead atoms. The third kappa shape index (κ3) is 3.91. The quantitative estimate of drug-likeness (QED) is 0.453. The molecule has 0 unspecified atom stereocenters. The molecular formula is C23H25FN4O2. The maximum Gasteiger partial charge on any atom is 0.130 e. The summed E-state index contributed by atoms with van der Waals surface area (Å²) in [6.07, 6.45) is 1.72. The second kappa shape index (κ2) is 8.45. The van der Waals surface area contributed by atoms with Crippen molar-refractivity contribution in [3.63, 3.8) is 0 Å². The summed E-state index contributed by atoms with van der Waals surface area (Å²) in [5.41, 5.74) is 4.97. The van der Waals surface area contributed by atoms with Crippen molar-refractivity contribution in [1.29, 1.82) is 0 Å². The van der Waals surface area contributed by atoms with E-state index in [-0.39, 0.29) is 5.82 Å². The Kier molecular flexibility index (Phi) is 5.38. The van der Waals surface area contributed by atoms with Crippen LogP contribution in [-0.2, 0) is 11.2 Å². The molecule has 156 valence electrons. The van der Waals surface area contributed by atoms with Gasteiger partial charge >= 0.3 is 0 Å². The van der Waals surface area contributed by atoms with Gasteiger partial charge in [0.1, 0.15) is 17.4 Å². The predicted octanol–water partition coefficient (Wildman–Crippen LogP) is 3.96. The van der Waals surface area contributed by atoms with Gasteiger partial charge in [0.25, 0.3) is 0 Å². The number of H-pyrrole nitrogens is 1. The van der Waals surface area contributed by atoms with Gasteiger partial charge in [-0.15, -0.1) is 0 Å². The molecule has 5 rings (SSSR count). The van der Waals surface area contributed by atoms with Gasteiger partial charge in [-0.3, -0.25) is 10.00 Å². The highest BCUT2D eigenvalue weighted by Gasteiger charge is 2.27. The number of benzene rings is 2. The van der Waals surface area contributed by atoms with E-state index in [0.717, 1.165) is 79.6 Å². The van der Waals surface area contributed by atoms with E-state index >= 15 is 0 Å². The molecule has 1 saturated heterocycles. The third-order valence-corrected chi connectivity index (χ3v) is 5.68. The van der Waals surface area contributed by atoms with Crippen LogP contribution in [0.1, 0.15) is 17.5 Å². The zero-order valence-corrected chi connectivity index (χ0v) is 16.8. The fraction of sp³-hybridized carbons (Fsp3) is 0.348. The number of rotatable bonds is 7. The summed E-state index contributed by atoms with van der Waals surface area (Å²) in [5, 5.41) is 10.8. The number of fused-ring (bicyclic) bond motifs is 3. The first-order valence-electron chi connectivity index (χ1n) is 10.4. The van der Waals surface area contributed by atoms with E-state index in [1.807, 2.05) is 18.2 Å². The molecule has 6 nitrogen and oxygen atoms in total. The second-order valence-corrected chi connectivity index (χ2v) is 7.68. The summed E-state index contributed by atoms with van der Waals surface area (Å²) >= 11 is 0. The number of hydrogen-bond acceptors (Lipinski definition) is 5. The minimum absolute atomic E-state index is 0.271. The Balaban J connectivity index is 1.25. The van der Waals surface area contributed by atoms with E-state index < -0.39 is 0 Å². The highest BCUT2D eigenvalue weighted by molar-refractivity contribution is 5.81. The van der Waals surface area contributed by atoms with E-state index in [0.29, 0.717) is 12.3 Å². The number of halogens is 1. The van der Waals surface area contributed by atoms with Crippen molar-refractivity contribution in [1.82, 2.24) is 15.1 Å². The van der Waals surface area contributed by atoms with E-state index in [2.05, 4.69) is 26.5 Å². The molecule has 7 heteroatoms. The van der Waals surface area contributed by atoms with E-state index in [9.17, 15) is 4.39 Å². The number of ether oxygens (including phenoxy) is 2. The van der Waals surface area contributed by atoms with Crippen LogP contribution >= 0.6 is 0 Å². The minimum Gasteiger partial charge on any atom is -0.493 e. The Bertz CT molecular complexity index is 1030. The van der Waals surface area contributed by atoms with Crippen molar-refractivity contribution < 1.29 is 13.9 Å². The van der Waals surface area contributed by atoms with Gasteiger partial charge in [-0.2, -0.15) is 5.10 Å². The summed E-state index contributed by atoms with van der Waals surface area (Å²) in [5.74, 6) is 1.45. The van der Waals surface area contributed by atoms with Gasteiger partial charge in [0, 0.05) is 48.4 Å². The molecule has 0 atom stereocenters. The first-order chi connectivity index (χ1) is 14.8. The SMILES string of the molecule is Fc1cccc(Nc2[nH]nc3c2Cc2c(OCCCN4CCOCC4)cccc2-3)c1. The fourth-order valence-corrected chi connectivity index (χ4v) is 4.15. The number of nitrogens with one attached hydrogen (secondary N) is 2. The van der Waals surface area contributed by atoms with Gasteiger partial charge in [-0.25, -0.2) is 4.39 Å². The Morgan fingerprint density at radius 2 is 2.00 bits per heavy atom. The van der Waals surface area contributed by atoms with Crippen LogP contribution in [0.2, 0.25) is 0 Å². The number of nitrogens with zero attached hydrogens (tertiary/aromatic N) is 2. The molecule has 1 aliphatic heterocycles. The van der Waals surface area contributed by atoms with Crippen molar-refractivity contribution in [2.75, 3.05) is 44.8 Å². The lowest BCUT2D eigenvalue weighted by Crippen LogP contribution is -2.37.